The lowest BCUT2D eigenvalue weighted by molar-refractivity contribution is 0.0696. The summed E-state index contributed by atoms with van der Waals surface area (Å²) < 4.78 is 13.4. The first-order valence-electron chi connectivity index (χ1n) is 6.16. The van der Waals surface area contributed by atoms with Crippen LogP contribution in [0, 0.1) is 5.82 Å². The molecule has 0 atom stereocenters. The number of aromatic nitrogens is 1. The van der Waals surface area contributed by atoms with Crippen molar-refractivity contribution in [3.05, 3.63) is 65.2 Å². The van der Waals surface area contributed by atoms with E-state index in [2.05, 4.69) is 4.98 Å². The van der Waals surface area contributed by atoms with Gasteiger partial charge in [-0.1, -0.05) is 6.07 Å². The first kappa shape index (κ1) is 14.1. The molecule has 0 radical (unpaired) electrons. The van der Waals surface area contributed by atoms with Crippen LogP contribution >= 0.6 is 0 Å². The fraction of sp³-hybridized carbons (Fsp3) is 0.200. The van der Waals surface area contributed by atoms with Gasteiger partial charge in [-0.25, -0.2) is 9.18 Å². The number of carboxylic acid groups (broad SMARTS) is 1. The Morgan fingerprint density at radius 3 is 2.75 bits per heavy atom. The molecule has 4 nitrogen and oxygen atoms in total. The highest BCUT2D eigenvalue weighted by molar-refractivity contribution is 5.87. The molecule has 2 rings (SSSR count). The Hall–Kier alpha value is -2.27. The zero-order chi connectivity index (χ0) is 14.5. The lowest BCUT2D eigenvalue weighted by atomic mass is 10.1. The van der Waals surface area contributed by atoms with Crippen molar-refractivity contribution < 1.29 is 14.3 Å². The molecular weight excluding hydrogens is 259 g/mol. The highest BCUT2D eigenvalue weighted by Crippen LogP contribution is 2.12. The topological polar surface area (TPSA) is 53.4 Å². The molecule has 0 fully saturated rings. The molecule has 1 aromatic heterocycles. The molecule has 0 aliphatic heterocycles. The first-order valence-corrected chi connectivity index (χ1v) is 6.16. The molecule has 0 saturated heterocycles. The number of carboxylic acids is 1. The van der Waals surface area contributed by atoms with Gasteiger partial charge in [0.1, 0.15) is 5.82 Å². The van der Waals surface area contributed by atoms with Crippen LogP contribution in [-0.2, 0) is 13.1 Å². The maximum absolute atomic E-state index is 13.4. The van der Waals surface area contributed by atoms with Crippen LogP contribution in [0.1, 0.15) is 21.6 Å². The zero-order valence-corrected chi connectivity index (χ0v) is 11.1. The Bertz CT molecular complexity index is 602. The summed E-state index contributed by atoms with van der Waals surface area (Å²) in [5.41, 5.74) is 1.50. The molecule has 0 unspecified atom stereocenters. The number of carbonyl (C=O) groups is 1. The Balaban J connectivity index is 2.07. The Morgan fingerprint density at radius 1 is 1.30 bits per heavy atom. The number of benzene rings is 1. The van der Waals surface area contributed by atoms with Gasteiger partial charge in [0.2, 0.25) is 0 Å². The van der Waals surface area contributed by atoms with E-state index < -0.39 is 11.8 Å². The number of hydrogen-bond donors (Lipinski definition) is 1. The van der Waals surface area contributed by atoms with Crippen LogP contribution in [0.25, 0.3) is 0 Å². The molecule has 20 heavy (non-hydrogen) atoms. The summed E-state index contributed by atoms with van der Waals surface area (Å²) in [6.45, 7) is 1.06. The van der Waals surface area contributed by atoms with Gasteiger partial charge in [-0.2, -0.15) is 0 Å². The smallest absolute Gasteiger partial charge is 0.335 e. The molecule has 1 N–H and O–H groups in total. The third-order valence-electron chi connectivity index (χ3n) is 2.82. The van der Waals surface area contributed by atoms with E-state index in [0.717, 1.165) is 11.8 Å². The third-order valence-corrected chi connectivity index (χ3v) is 2.82. The molecule has 0 saturated carbocycles. The van der Waals surface area contributed by atoms with Crippen molar-refractivity contribution in [3.8, 4) is 0 Å². The summed E-state index contributed by atoms with van der Waals surface area (Å²) in [5, 5.41) is 8.91. The third kappa shape index (κ3) is 3.86. The molecular formula is C15H15FN2O2. The van der Waals surface area contributed by atoms with E-state index in [-0.39, 0.29) is 5.56 Å². The monoisotopic (exact) mass is 274 g/mol. The van der Waals surface area contributed by atoms with Gasteiger partial charge in [0.05, 0.1) is 11.3 Å². The average molecular weight is 274 g/mol. The minimum Gasteiger partial charge on any atom is -0.478 e. The highest BCUT2D eigenvalue weighted by Gasteiger charge is 2.09. The summed E-state index contributed by atoms with van der Waals surface area (Å²) in [5.74, 6) is -1.66. The Kier molecular flexibility index (Phi) is 4.42. The predicted molar refractivity (Wildman–Crippen MR) is 72.8 cm³/mol. The van der Waals surface area contributed by atoms with Crippen LogP contribution in [0.3, 0.4) is 0 Å². The minimum atomic E-state index is -1.13. The molecule has 1 heterocycles. The minimum absolute atomic E-state index is 0.0359. The van der Waals surface area contributed by atoms with Crippen LogP contribution in [-0.4, -0.2) is 28.0 Å². The van der Waals surface area contributed by atoms with Crippen molar-refractivity contribution in [2.45, 2.75) is 13.1 Å². The zero-order valence-electron chi connectivity index (χ0n) is 11.1. The van der Waals surface area contributed by atoms with Gasteiger partial charge in [0.25, 0.3) is 0 Å². The Morgan fingerprint density at radius 2 is 2.10 bits per heavy atom. The lowest BCUT2D eigenvalue weighted by Crippen LogP contribution is -2.18. The largest absolute Gasteiger partial charge is 0.478 e. The van der Waals surface area contributed by atoms with Crippen molar-refractivity contribution in [3.63, 3.8) is 0 Å². The predicted octanol–water partition coefficient (Wildman–Crippen LogP) is 2.55. The SMILES string of the molecule is CN(Cc1cc(F)cc(C(=O)O)c1)Cc1ccccn1. The molecule has 0 bridgehead atoms. The highest BCUT2D eigenvalue weighted by atomic mass is 19.1. The van der Waals surface area contributed by atoms with Gasteiger partial charge in [-0.05, 0) is 42.9 Å². The van der Waals surface area contributed by atoms with Crippen molar-refractivity contribution in [2.75, 3.05) is 7.05 Å². The normalized spacial score (nSPS) is 10.8. The van der Waals surface area contributed by atoms with Crippen molar-refractivity contribution in [1.29, 1.82) is 0 Å². The Labute approximate surface area is 116 Å². The van der Waals surface area contributed by atoms with Crippen LogP contribution in [0.5, 0.6) is 0 Å². The van der Waals surface area contributed by atoms with E-state index >= 15 is 0 Å². The van der Waals surface area contributed by atoms with E-state index in [1.165, 1.54) is 12.1 Å². The van der Waals surface area contributed by atoms with Gasteiger partial charge in [0, 0.05) is 19.3 Å². The average Bonchev–Trinajstić information content (AvgIpc) is 2.38. The first-order chi connectivity index (χ1) is 9.54. The van der Waals surface area contributed by atoms with Crippen molar-refractivity contribution >= 4 is 5.97 Å². The second-order valence-electron chi connectivity index (χ2n) is 4.65. The molecule has 0 aliphatic carbocycles. The summed E-state index contributed by atoms with van der Waals surface area (Å²) in [6, 6.07) is 9.51. The number of halogens is 1. The number of pyridine rings is 1. The molecule has 1 aromatic carbocycles. The van der Waals surface area contributed by atoms with Crippen molar-refractivity contribution in [2.24, 2.45) is 0 Å². The molecule has 5 heteroatoms. The standard InChI is InChI=1S/C15H15FN2O2/c1-18(10-14-4-2-3-5-17-14)9-11-6-12(15(19)20)8-13(16)7-11/h2-8H,9-10H2,1H3,(H,19,20). The van der Waals surface area contributed by atoms with Crippen molar-refractivity contribution in [1.82, 2.24) is 9.88 Å². The molecule has 0 spiro atoms. The fourth-order valence-electron chi connectivity index (χ4n) is 2.00. The molecule has 0 amide bonds. The van der Waals surface area contributed by atoms with E-state index in [1.54, 1.807) is 6.20 Å². The van der Waals surface area contributed by atoms with E-state index in [4.69, 9.17) is 5.11 Å². The fourth-order valence-corrected chi connectivity index (χ4v) is 2.00. The maximum Gasteiger partial charge on any atom is 0.335 e. The van der Waals surface area contributed by atoms with E-state index in [9.17, 15) is 9.18 Å². The lowest BCUT2D eigenvalue weighted by Gasteiger charge is -2.16. The number of nitrogens with zero attached hydrogens (tertiary/aromatic N) is 2. The van der Waals surface area contributed by atoms with E-state index in [0.29, 0.717) is 18.7 Å². The second-order valence-corrected chi connectivity index (χ2v) is 4.65. The van der Waals surface area contributed by atoms with Gasteiger partial charge in [-0.15, -0.1) is 0 Å². The van der Waals surface area contributed by atoms with E-state index in [1.807, 2.05) is 30.1 Å². The van der Waals surface area contributed by atoms with Crippen LogP contribution in [0.15, 0.2) is 42.6 Å². The summed E-state index contributed by atoms with van der Waals surface area (Å²) >= 11 is 0. The second kappa shape index (κ2) is 6.25. The molecule has 104 valence electrons. The van der Waals surface area contributed by atoms with Crippen LogP contribution in [0.2, 0.25) is 0 Å². The quantitative estimate of drug-likeness (QED) is 0.910. The van der Waals surface area contributed by atoms with Gasteiger partial charge < -0.3 is 5.11 Å². The summed E-state index contributed by atoms with van der Waals surface area (Å²) in [7, 11) is 1.88. The number of aromatic carboxylic acids is 1. The number of hydrogen-bond acceptors (Lipinski definition) is 3. The van der Waals surface area contributed by atoms with Gasteiger partial charge in [-0.3, -0.25) is 9.88 Å². The van der Waals surface area contributed by atoms with Crippen LogP contribution in [0.4, 0.5) is 4.39 Å². The van der Waals surface area contributed by atoms with Gasteiger partial charge >= 0.3 is 5.97 Å². The van der Waals surface area contributed by atoms with Gasteiger partial charge in [0.15, 0.2) is 0 Å². The maximum atomic E-state index is 13.4. The summed E-state index contributed by atoms with van der Waals surface area (Å²) in [4.78, 5) is 17.1. The summed E-state index contributed by atoms with van der Waals surface area (Å²) in [6.07, 6.45) is 1.72. The molecule has 2 aromatic rings. The molecule has 0 aliphatic rings. The van der Waals surface area contributed by atoms with Crippen LogP contribution < -0.4 is 0 Å². The number of rotatable bonds is 5.